The van der Waals surface area contributed by atoms with Gasteiger partial charge in [0.15, 0.2) is 11.5 Å². The number of rotatable bonds is 3. The number of hydrogen-bond acceptors (Lipinski definition) is 4. The molecule has 2 heterocycles. The highest BCUT2D eigenvalue weighted by molar-refractivity contribution is 6.32. The van der Waals surface area contributed by atoms with E-state index in [1.165, 1.54) is 6.07 Å². The fourth-order valence-corrected chi connectivity index (χ4v) is 4.29. The molecule has 0 bridgehead atoms. The summed E-state index contributed by atoms with van der Waals surface area (Å²) in [7, 11) is 0. The third-order valence-electron chi connectivity index (χ3n) is 5.54. The zero-order valence-corrected chi connectivity index (χ0v) is 14.8. The van der Waals surface area contributed by atoms with Crippen molar-refractivity contribution in [3.05, 3.63) is 22.2 Å². The van der Waals surface area contributed by atoms with E-state index in [9.17, 15) is 14.3 Å². The fourth-order valence-electron chi connectivity index (χ4n) is 4.06. The molecule has 0 amide bonds. The van der Waals surface area contributed by atoms with Gasteiger partial charge in [-0.1, -0.05) is 11.6 Å². The van der Waals surface area contributed by atoms with Crippen LogP contribution in [0.25, 0.3) is 0 Å². The number of carbonyl (C=O) groups is 1. The number of carboxylic acid groups (broad SMARTS) is 1. The second-order valence-corrected chi connectivity index (χ2v) is 7.78. The lowest BCUT2D eigenvalue weighted by molar-refractivity contribution is -0.117. The minimum Gasteiger partial charge on any atom is -0.478 e. The largest absolute Gasteiger partial charge is 0.478 e. The van der Waals surface area contributed by atoms with Crippen molar-refractivity contribution >= 4 is 17.6 Å². The van der Waals surface area contributed by atoms with Crippen molar-refractivity contribution in [3.8, 4) is 11.5 Å². The topological polar surface area (TPSA) is 59.0 Å². The van der Waals surface area contributed by atoms with Crippen LogP contribution in [-0.4, -0.2) is 47.6 Å². The lowest BCUT2D eigenvalue weighted by Gasteiger charge is -2.40. The summed E-state index contributed by atoms with van der Waals surface area (Å²) in [6, 6.07) is 1.42. The molecule has 1 aromatic carbocycles. The number of alkyl halides is 1. The number of aromatic carboxylic acids is 1. The van der Waals surface area contributed by atoms with E-state index in [-0.39, 0.29) is 10.6 Å². The number of carboxylic acids is 1. The SMILES string of the molecule is Cc1c(C(=O)O)cc(Cl)c2c1OC1(CCC(CN3CC(F)C3)CC1)O2. The van der Waals surface area contributed by atoms with Crippen LogP contribution in [0.1, 0.15) is 41.6 Å². The van der Waals surface area contributed by atoms with Crippen molar-refractivity contribution in [1.29, 1.82) is 0 Å². The number of likely N-dealkylation sites (tertiary alicyclic amines) is 1. The van der Waals surface area contributed by atoms with Gasteiger partial charge in [0.25, 0.3) is 5.79 Å². The second-order valence-electron chi connectivity index (χ2n) is 7.37. The van der Waals surface area contributed by atoms with Crippen molar-refractivity contribution in [3.63, 3.8) is 0 Å². The standard InChI is InChI=1S/C18H21ClFNO4/c1-10-13(17(22)23)6-14(19)16-15(10)24-18(25-16)4-2-11(3-5-18)7-21-8-12(20)9-21/h6,11-12H,2-5,7-9H2,1H3,(H,22,23). The molecule has 4 rings (SSSR count). The van der Waals surface area contributed by atoms with Gasteiger partial charge < -0.3 is 14.6 Å². The molecule has 1 saturated carbocycles. The first-order valence-corrected chi connectivity index (χ1v) is 9.05. The van der Waals surface area contributed by atoms with E-state index in [0.717, 1.165) is 32.2 Å². The Morgan fingerprint density at radius 3 is 2.60 bits per heavy atom. The molecule has 3 aliphatic rings. The van der Waals surface area contributed by atoms with E-state index in [1.807, 2.05) is 0 Å². The van der Waals surface area contributed by atoms with E-state index in [4.69, 9.17) is 21.1 Å². The van der Waals surface area contributed by atoms with E-state index in [0.29, 0.717) is 36.1 Å². The summed E-state index contributed by atoms with van der Waals surface area (Å²) in [6.07, 6.45) is 2.64. The number of ether oxygens (including phenoxy) is 2. The summed E-state index contributed by atoms with van der Waals surface area (Å²) in [6.45, 7) is 3.73. The van der Waals surface area contributed by atoms with Gasteiger partial charge >= 0.3 is 5.97 Å². The van der Waals surface area contributed by atoms with Crippen LogP contribution in [0.5, 0.6) is 11.5 Å². The van der Waals surface area contributed by atoms with E-state index in [1.54, 1.807) is 6.92 Å². The van der Waals surface area contributed by atoms with Crippen molar-refractivity contribution in [2.24, 2.45) is 5.92 Å². The maximum atomic E-state index is 12.9. The quantitative estimate of drug-likeness (QED) is 0.881. The number of fused-ring (bicyclic) bond motifs is 1. The Morgan fingerprint density at radius 1 is 1.36 bits per heavy atom. The van der Waals surface area contributed by atoms with Gasteiger partial charge in [-0.05, 0) is 31.7 Å². The summed E-state index contributed by atoms with van der Waals surface area (Å²) in [5, 5.41) is 9.57. The second kappa shape index (κ2) is 6.02. The molecule has 0 aromatic heterocycles. The number of benzene rings is 1. The van der Waals surface area contributed by atoms with Gasteiger partial charge in [0, 0.05) is 38.0 Å². The van der Waals surface area contributed by atoms with Crippen LogP contribution >= 0.6 is 11.6 Å². The molecule has 136 valence electrons. The Morgan fingerprint density at radius 2 is 2.00 bits per heavy atom. The van der Waals surface area contributed by atoms with Gasteiger partial charge in [-0.3, -0.25) is 4.90 Å². The molecule has 0 atom stereocenters. The molecule has 0 radical (unpaired) electrons. The molecule has 7 heteroatoms. The van der Waals surface area contributed by atoms with Gasteiger partial charge in [0.2, 0.25) is 0 Å². The third-order valence-corrected chi connectivity index (χ3v) is 5.82. The molecule has 2 aliphatic heterocycles. The third kappa shape index (κ3) is 2.95. The molecule has 2 fully saturated rings. The van der Waals surface area contributed by atoms with Gasteiger partial charge in [-0.25, -0.2) is 9.18 Å². The van der Waals surface area contributed by atoms with Crippen molar-refractivity contribution in [1.82, 2.24) is 4.90 Å². The number of nitrogens with zero attached hydrogens (tertiary/aromatic N) is 1. The average molecular weight is 370 g/mol. The average Bonchev–Trinajstić information content (AvgIpc) is 2.92. The van der Waals surface area contributed by atoms with Crippen LogP contribution in [-0.2, 0) is 0 Å². The Kier molecular flexibility index (Phi) is 4.07. The van der Waals surface area contributed by atoms with Gasteiger partial charge in [0.1, 0.15) is 6.17 Å². The molecule has 1 aromatic rings. The van der Waals surface area contributed by atoms with Crippen LogP contribution in [0.15, 0.2) is 6.07 Å². The van der Waals surface area contributed by atoms with Crippen molar-refractivity contribution in [2.45, 2.75) is 44.6 Å². The first-order valence-electron chi connectivity index (χ1n) is 8.68. The Bertz CT molecular complexity index is 712. The summed E-state index contributed by atoms with van der Waals surface area (Å²) in [5.74, 6) is -0.365. The molecule has 0 unspecified atom stereocenters. The van der Waals surface area contributed by atoms with Crippen molar-refractivity contribution < 1.29 is 23.8 Å². The van der Waals surface area contributed by atoms with Gasteiger partial charge in [-0.15, -0.1) is 0 Å². The fraction of sp³-hybridized carbons (Fsp3) is 0.611. The lowest BCUT2D eigenvalue weighted by atomic mass is 9.84. The maximum absolute atomic E-state index is 12.9. The molecule has 25 heavy (non-hydrogen) atoms. The van der Waals surface area contributed by atoms with E-state index >= 15 is 0 Å². The Labute approximate surface area is 150 Å². The van der Waals surface area contributed by atoms with Gasteiger partial charge in [0.05, 0.1) is 10.6 Å². The van der Waals surface area contributed by atoms with Crippen molar-refractivity contribution in [2.75, 3.05) is 19.6 Å². The first-order chi connectivity index (χ1) is 11.9. The minimum absolute atomic E-state index is 0.136. The Hall–Kier alpha value is -1.53. The number of hydrogen-bond donors (Lipinski definition) is 1. The smallest absolute Gasteiger partial charge is 0.336 e. The van der Waals surface area contributed by atoms with Crippen LogP contribution < -0.4 is 9.47 Å². The van der Waals surface area contributed by atoms with Gasteiger partial charge in [-0.2, -0.15) is 0 Å². The minimum atomic E-state index is -1.03. The zero-order chi connectivity index (χ0) is 17.8. The molecule has 5 nitrogen and oxygen atoms in total. The highest BCUT2D eigenvalue weighted by atomic mass is 35.5. The molecule has 1 spiro atoms. The summed E-state index contributed by atoms with van der Waals surface area (Å²) >= 11 is 6.22. The molecule has 1 aliphatic carbocycles. The molecular formula is C18H21ClFNO4. The van der Waals surface area contributed by atoms with Crippen LogP contribution in [0.2, 0.25) is 5.02 Å². The monoisotopic (exact) mass is 369 g/mol. The normalized spacial score (nSPS) is 29.0. The summed E-state index contributed by atoms with van der Waals surface area (Å²) < 4.78 is 25.1. The first kappa shape index (κ1) is 16.9. The Balaban J connectivity index is 1.46. The van der Waals surface area contributed by atoms with E-state index in [2.05, 4.69) is 4.90 Å². The zero-order valence-electron chi connectivity index (χ0n) is 14.1. The molecular weight excluding hydrogens is 349 g/mol. The molecule has 1 N–H and O–H groups in total. The van der Waals surface area contributed by atoms with Crippen LogP contribution in [0.3, 0.4) is 0 Å². The highest BCUT2D eigenvalue weighted by Gasteiger charge is 2.47. The van der Waals surface area contributed by atoms with Crippen LogP contribution in [0, 0.1) is 12.8 Å². The predicted octanol–water partition coefficient (Wildman–Crippen LogP) is 3.66. The summed E-state index contributed by atoms with van der Waals surface area (Å²) in [5.41, 5.74) is 0.678. The predicted molar refractivity (Wildman–Crippen MR) is 90.4 cm³/mol. The maximum Gasteiger partial charge on any atom is 0.336 e. The highest BCUT2D eigenvalue weighted by Crippen LogP contribution is 2.52. The van der Waals surface area contributed by atoms with E-state index < -0.39 is 17.9 Å². The lowest BCUT2D eigenvalue weighted by Crippen LogP contribution is -2.51. The molecule has 1 saturated heterocycles. The number of halogens is 2. The van der Waals surface area contributed by atoms with Crippen LogP contribution in [0.4, 0.5) is 4.39 Å². The summed E-state index contributed by atoms with van der Waals surface area (Å²) in [4.78, 5) is 13.5.